The maximum Gasteiger partial charge on any atom is 0.197 e. The molecule has 0 spiro atoms. The van der Waals surface area contributed by atoms with E-state index in [9.17, 15) is 4.79 Å². The zero-order valence-corrected chi connectivity index (χ0v) is 13.0. The van der Waals surface area contributed by atoms with Crippen LogP contribution in [0.2, 0.25) is 5.02 Å². The Morgan fingerprint density at radius 3 is 2.71 bits per heavy atom. The van der Waals surface area contributed by atoms with Crippen LogP contribution in [-0.4, -0.2) is 21.2 Å². The molecule has 0 fully saturated rings. The summed E-state index contributed by atoms with van der Waals surface area (Å²) in [6.45, 7) is 2.05. The number of hydrogen-bond acceptors (Lipinski definition) is 3. The Hall–Kier alpha value is -1.78. The third kappa shape index (κ3) is 2.69. The SMILES string of the molecule is CCSc1nn2ccccc2c1C(=O)c1ccc(Cl)cc1. The van der Waals surface area contributed by atoms with Gasteiger partial charge >= 0.3 is 0 Å². The van der Waals surface area contributed by atoms with Crippen LogP contribution in [0.25, 0.3) is 5.52 Å². The maximum absolute atomic E-state index is 12.8. The molecule has 0 aliphatic carbocycles. The van der Waals surface area contributed by atoms with Crippen LogP contribution in [0, 0.1) is 0 Å². The number of fused-ring (bicyclic) bond motifs is 1. The Bertz CT molecular complexity index is 796. The number of rotatable bonds is 4. The van der Waals surface area contributed by atoms with Gasteiger partial charge in [-0.05, 0) is 42.2 Å². The summed E-state index contributed by atoms with van der Waals surface area (Å²) in [5.74, 6) is 0.842. The van der Waals surface area contributed by atoms with Gasteiger partial charge in [0, 0.05) is 16.8 Å². The van der Waals surface area contributed by atoms with E-state index in [-0.39, 0.29) is 5.78 Å². The summed E-state index contributed by atoms with van der Waals surface area (Å²) < 4.78 is 1.75. The van der Waals surface area contributed by atoms with Gasteiger partial charge in [-0.15, -0.1) is 11.8 Å². The van der Waals surface area contributed by atoms with E-state index < -0.39 is 0 Å². The van der Waals surface area contributed by atoms with E-state index in [4.69, 9.17) is 11.6 Å². The molecule has 2 heterocycles. The van der Waals surface area contributed by atoms with Crippen LogP contribution in [0.5, 0.6) is 0 Å². The van der Waals surface area contributed by atoms with Gasteiger partial charge in [-0.2, -0.15) is 5.10 Å². The molecule has 21 heavy (non-hydrogen) atoms. The summed E-state index contributed by atoms with van der Waals surface area (Å²) in [4.78, 5) is 12.8. The monoisotopic (exact) mass is 316 g/mol. The Labute approximate surface area is 131 Å². The second-order valence-electron chi connectivity index (χ2n) is 4.48. The first kappa shape index (κ1) is 14.2. The van der Waals surface area contributed by atoms with Crippen LogP contribution >= 0.6 is 23.4 Å². The number of hydrogen-bond donors (Lipinski definition) is 0. The van der Waals surface area contributed by atoms with Crippen LogP contribution in [-0.2, 0) is 0 Å². The maximum atomic E-state index is 12.8. The Morgan fingerprint density at radius 2 is 2.00 bits per heavy atom. The van der Waals surface area contributed by atoms with Crippen molar-refractivity contribution < 1.29 is 4.79 Å². The topological polar surface area (TPSA) is 34.4 Å². The van der Waals surface area contributed by atoms with Crippen LogP contribution in [0.3, 0.4) is 0 Å². The summed E-state index contributed by atoms with van der Waals surface area (Å²) >= 11 is 7.46. The minimum absolute atomic E-state index is 0.0242. The number of ketones is 1. The molecule has 3 rings (SSSR count). The lowest BCUT2D eigenvalue weighted by Crippen LogP contribution is -2.02. The Balaban J connectivity index is 2.15. The van der Waals surface area contributed by atoms with E-state index in [0.717, 1.165) is 16.3 Å². The summed E-state index contributed by atoms with van der Waals surface area (Å²) in [5, 5.41) is 5.89. The van der Waals surface area contributed by atoms with Gasteiger partial charge in [-0.1, -0.05) is 24.6 Å². The molecule has 106 valence electrons. The van der Waals surface area contributed by atoms with Crippen molar-refractivity contribution in [1.29, 1.82) is 0 Å². The first-order chi connectivity index (χ1) is 10.2. The summed E-state index contributed by atoms with van der Waals surface area (Å²) in [7, 11) is 0. The van der Waals surface area contributed by atoms with Crippen molar-refractivity contribution >= 4 is 34.7 Å². The third-order valence-electron chi connectivity index (χ3n) is 3.12. The summed E-state index contributed by atoms with van der Waals surface area (Å²) in [6.07, 6.45) is 1.85. The second kappa shape index (κ2) is 5.92. The molecule has 0 saturated heterocycles. The molecule has 3 nitrogen and oxygen atoms in total. The molecule has 0 N–H and O–H groups in total. The van der Waals surface area contributed by atoms with Crippen LogP contribution < -0.4 is 0 Å². The van der Waals surface area contributed by atoms with Crippen LogP contribution in [0.4, 0.5) is 0 Å². The van der Waals surface area contributed by atoms with Gasteiger partial charge in [0.1, 0.15) is 5.03 Å². The predicted octanol–water partition coefficient (Wildman–Crippen LogP) is 4.33. The van der Waals surface area contributed by atoms with Gasteiger partial charge in [0.05, 0.1) is 11.1 Å². The fraction of sp³-hybridized carbons (Fsp3) is 0.125. The first-order valence-corrected chi connectivity index (χ1v) is 7.97. The van der Waals surface area contributed by atoms with Gasteiger partial charge in [0.15, 0.2) is 5.78 Å². The quantitative estimate of drug-likeness (QED) is 0.530. The largest absolute Gasteiger partial charge is 0.288 e. The molecular weight excluding hydrogens is 304 g/mol. The molecule has 0 radical (unpaired) electrons. The van der Waals surface area contributed by atoms with Crippen molar-refractivity contribution in [2.45, 2.75) is 11.9 Å². The molecule has 1 aromatic carbocycles. The van der Waals surface area contributed by atoms with E-state index in [1.165, 1.54) is 0 Å². The molecule has 0 aliphatic heterocycles. The first-order valence-electron chi connectivity index (χ1n) is 6.61. The van der Waals surface area contributed by atoms with Crippen LogP contribution in [0.15, 0.2) is 53.7 Å². The van der Waals surface area contributed by atoms with Crippen molar-refractivity contribution in [1.82, 2.24) is 9.61 Å². The number of carbonyl (C=O) groups excluding carboxylic acids is 1. The van der Waals surface area contributed by atoms with E-state index in [0.29, 0.717) is 16.1 Å². The smallest absolute Gasteiger partial charge is 0.197 e. The molecule has 0 unspecified atom stereocenters. The number of pyridine rings is 1. The molecule has 5 heteroatoms. The van der Waals surface area contributed by atoms with Gasteiger partial charge < -0.3 is 0 Å². The molecule has 0 bridgehead atoms. The van der Waals surface area contributed by atoms with Gasteiger partial charge in [-0.25, -0.2) is 4.52 Å². The summed E-state index contributed by atoms with van der Waals surface area (Å²) in [6, 6.07) is 12.7. The predicted molar refractivity (Wildman–Crippen MR) is 86.5 cm³/mol. The Kier molecular flexibility index (Phi) is 3.99. The highest BCUT2D eigenvalue weighted by Crippen LogP contribution is 2.27. The number of carbonyl (C=O) groups is 1. The molecule has 0 atom stereocenters. The van der Waals surface area contributed by atoms with E-state index in [1.807, 2.05) is 31.3 Å². The summed E-state index contributed by atoms with van der Waals surface area (Å²) in [5.41, 5.74) is 2.11. The molecule has 0 amide bonds. The minimum Gasteiger partial charge on any atom is -0.288 e. The highest BCUT2D eigenvalue weighted by atomic mass is 35.5. The second-order valence-corrected chi connectivity index (χ2v) is 6.17. The van der Waals surface area contributed by atoms with E-state index >= 15 is 0 Å². The van der Waals surface area contributed by atoms with Crippen LogP contribution in [0.1, 0.15) is 22.8 Å². The molecule has 3 aromatic rings. The van der Waals surface area contributed by atoms with Gasteiger partial charge in [-0.3, -0.25) is 4.79 Å². The lowest BCUT2D eigenvalue weighted by molar-refractivity contribution is 0.103. The van der Waals surface area contributed by atoms with E-state index in [1.54, 1.807) is 40.5 Å². The highest BCUT2D eigenvalue weighted by Gasteiger charge is 2.20. The van der Waals surface area contributed by atoms with Crippen molar-refractivity contribution in [3.8, 4) is 0 Å². The zero-order chi connectivity index (χ0) is 14.8. The fourth-order valence-corrected chi connectivity index (χ4v) is 3.06. The Morgan fingerprint density at radius 1 is 1.24 bits per heavy atom. The average Bonchev–Trinajstić information content (AvgIpc) is 2.85. The molecule has 0 aliphatic rings. The van der Waals surface area contributed by atoms with Crippen molar-refractivity contribution in [3.05, 3.63) is 64.8 Å². The van der Waals surface area contributed by atoms with E-state index in [2.05, 4.69) is 5.10 Å². The number of nitrogens with zero attached hydrogens (tertiary/aromatic N) is 2. The fourth-order valence-electron chi connectivity index (χ4n) is 2.17. The number of halogens is 1. The number of thioether (sulfide) groups is 1. The lowest BCUT2D eigenvalue weighted by Gasteiger charge is -2.02. The number of benzene rings is 1. The lowest BCUT2D eigenvalue weighted by atomic mass is 10.0. The average molecular weight is 317 g/mol. The highest BCUT2D eigenvalue weighted by molar-refractivity contribution is 7.99. The standard InChI is InChI=1S/C16H13ClN2OS/c1-2-21-16-14(13-5-3-4-10-19(13)18-16)15(20)11-6-8-12(17)9-7-11/h3-10H,2H2,1H3. The minimum atomic E-state index is -0.0242. The van der Waals surface area contributed by atoms with Crippen molar-refractivity contribution in [2.24, 2.45) is 0 Å². The van der Waals surface area contributed by atoms with Gasteiger partial charge in [0.25, 0.3) is 0 Å². The molecule has 2 aromatic heterocycles. The zero-order valence-electron chi connectivity index (χ0n) is 11.4. The molecular formula is C16H13ClN2OS. The molecule has 0 saturated carbocycles. The van der Waals surface area contributed by atoms with Crippen molar-refractivity contribution in [2.75, 3.05) is 5.75 Å². The normalized spacial score (nSPS) is 11.0. The van der Waals surface area contributed by atoms with Gasteiger partial charge in [0.2, 0.25) is 0 Å². The third-order valence-corrected chi connectivity index (χ3v) is 4.22. The van der Waals surface area contributed by atoms with Crippen molar-refractivity contribution in [3.63, 3.8) is 0 Å². The number of aromatic nitrogens is 2.